The number of hydrogen-bond donors (Lipinski definition) is 0. The Labute approximate surface area is 121 Å². The summed E-state index contributed by atoms with van der Waals surface area (Å²) < 4.78 is 40.6. The average Bonchev–Trinajstić information content (AvgIpc) is 3.01. The van der Waals surface area contributed by atoms with E-state index in [0.717, 1.165) is 31.6 Å². The molecule has 2 nitrogen and oxygen atoms in total. The van der Waals surface area contributed by atoms with Crippen molar-refractivity contribution in [3.63, 3.8) is 0 Å². The monoisotopic (exact) mass is 294 g/mol. The third kappa shape index (κ3) is 2.91. The van der Waals surface area contributed by atoms with Gasteiger partial charge in [-0.05, 0) is 49.6 Å². The second kappa shape index (κ2) is 5.47. The number of aromatic nitrogens is 1. The third-order valence-electron chi connectivity index (χ3n) is 3.88. The molecule has 1 fully saturated rings. The lowest BCUT2D eigenvalue weighted by atomic mass is 10.1. The molecule has 0 atom stereocenters. The van der Waals surface area contributed by atoms with Gasteiger partial charge in [0.1, 0.15) is 0 Å². The minimum absolute atomic E-state index is 0.594. The molecule has 2 heterocycles. The SMILES string of the molecule is FC(F)(F)c1ccc(N2CCCCC2)c(-n2cccc2)c1. The van der Waals surface area contributed by atoms with E-state index in [1.165, 1.54) is 18.6 Å². The van der Waals surface area contributed by atoms with Gasteiger partial charge in [-0.15, -0.1) is 0 Å². The van der Waals surface area contributed by atoms with Gasteiger partial charge in [-0.25, -0.2) is 0 Å². The van der Waals surface area contributed by atoms with Gasteiger partial charge in [0.15, 0.2) is 0 Å². The third-order valence-corrected chi connectivity index (χ3v) is 3.88. The first-order valence-electron chi connectivity index (χ1n) is 7.15. The molecule has 1 aliphatic heterocycles. The number of hydrogen-bond acceptors (Lipinski definition) is 1. The second-order valence-corrected chi connectivity index (χ2v) is 5.34. The summed E-state index contributed by atoms with van der Waals surface area (Å²) in [6.07, 6.45) is 2.61. The summed E-state index contributed by atoms with van der Waals surface area (Å²) in [6.45, 7) is 1.80. The van der Waals surface area contributed by atoms with Crippen molar-refractivity contribution in [2.75, 3.05) is 18.0 Å². The van der Waals surface area contributed by atoms with Crippen LogP contribution in [-0.2, 0) is 6.18 Å². The molecule has 0 N–H and O–H groups in total. The maximum atomic E-state index is 13.0. The first-order valence-corrected chi connectivity index (χ1v) is 7.15. The predicted molar refractivity (Wildman–Crippen MR) is 76.8 cm³/mol. The Morgan fingerprint density at radius 2 is 1.52 bits per heavy atom. The summed E-state index contributed by atoms with van der Waals surface area (Å²) in [5.74, 6) is 0. The van der Waals surface area contributed by atoms with Crippen molar-refractivity contribution in [1.82, 2.24) is 4.57 Å². The lowest BCUT2D eigenvalue weighted by Crippen LogP contribution is -2.30. The maximum Gasteiger partial charge on any atom is 0.416 e. The van der Waals surface area contributed by atoms with Crippen LogP contribution in [0.5, 0.6) is 0 Å². The highest BCUT2D eigenvalue weighted by Crippen LogP contribution is 2.35. The van der Waals surface area contributed by atoms with Crippen LogP contribution in [0.1, 0.15) is 24.8 Å². The van der Waals surface area contributed by atoms with E-state index in [4.69, 9.17) is 0 Å². The van der Waals surface area contributed by atoms with Gasteiger partial charge < -0.3 is 9.47 Å². The van der Waals surface area contributed by atoms with Gasteiger partial charge in [-0.2, -0.15) is 13.2 Å². The number of alkyl halides is 3. The Bertz CT molecular complexity index is 596. The lowest BCUT2D eigenvalue weighted by molar-refractivity contribution is -0.137. The molecule has 3 rings (SSSR count). The topological polar surface area (TPSA) is 8.17 Å². The van der Waals surface area contributed by atoms with Gasteiger partial charge >= 0.3 is 6.18 Å². The number of anilines is 1. The highest BCUT2D eigenvalue weighted by Gasteiger charge is 2.31. The fourth-order valence-corrected chi connectivity index (χ4v) is 2.80. The standard InChI is InChI=1S/C16H17F3N2/c17-16(18,19)13-6-7-14(20-8-2-1-3-9-20)15(12-13)21-10-4-5-11-21/h4-7,10-12H,1-3,8-9H2. The molecule has 0 aliphatic carbocycles. The van der Waals surface area contributed by atoms with Crippen molar-refractivity contribution in [2.24, 2.45) is 0 Å². The van der Waals surface area contributed by atoms with Gasteiger partial charge in [0.05, 0.1) is 16.9 Å². The van der Waals surface area contributed by atoms with Crippen LogP contribution in [0, 0.1) is 0 Å². The van der Waals surface area contributed by atoms with Gasteiger partial charge in [0, 0.05) is 25.5 Å². The van der Waals surface area contributed by atoms with Crippen molar-refractivity contribution >= 4 is 5.69 Å². The first-order chi connectivity index (χ1) is 10.1. The Kier molecular flexibility index (Phi) is 3.66. The number of benzene rings is 1. The van der Waals surface area contributed by atoms with Crippen LogP contribution in [-0.4, -0.2) is 17.7 Å². The Morgan fingerprint density at radius 3 is 2.14 bits per heavy atom. The van der Waals surface area contributed by atoms with Crippen molar-refractivity contribution < 1.29 is 13.2 Å². The molecular weight excluding hydrogens is 277 g/mol. The molecular formula is C16H17F3N2. The highest BCUT2D eigenvalue weighted by atomic mass is 19.4. The average molecular weight is 294 g/mol. The second-order valence-electron chi connectivity index (χ2n) is 5.34. The summed E-state index contributed by atoms with van der Waals surface area (Å²) in [4.78, 5) is 2.18. The zero-order valence-electron chi connectivity index (χ0n) is 11.6. The first kappa shape index (κ1) is 14.0. The van der Waals surface area contributed by atoms with Crippen molar-refractivity contribution in [1.29, 1.82) is 0 Å². The number of nitrogens with zero attached hydrogens (tertiary/aromatic N) is 2. The summed E-state index contributed by atoms with van der Waals surface area (Å²) in [5.41, 5.74) is 0.864. The molecule has 1 aromatic carbocycles. The van der Waals surface area contributed by atoms with Gasteiger partial charge in [0.2, 0.25) is 0 Å². The molecule has 1 saturated heterocycles. The van der Waals surface area contributed by atoms with Gasteiger partial charge in [0.25, 0.3) is 0 Å². The van der Waals surface area contributed by atoms with Crippen molar-refractivity contribution in [2.45, 2.75) is 25.4 Å². The zero-order chi connectivity index (χ0) is 14.9. The molecule has 21 heavy (non-hydrogen) atoms. The highest BCUT2D eigenvalue weighted by molar-refractivity contribution is 5.64. The van der Waals surface area contributed by atoms with E-state index in [-0.39, 0.29) is 0 Å². The molecule has 0 amide bonds. The van der Waals surface area contributed by atoms with E-state index in [0.29, 0.717) is 5.69 Å². The Hall–Kier alpha value is -1.91. The molecule has 1 aliphatic rings. The summed E-state index contributed by atoms with van der Waals surface area (Å²) in [7, 11) is 0. The minimum Gasteiger partial charge on any atom is -0.370 e. The summed E-state index contributed by atoms with van der Waals surface area (Å²) in [5, 5.41) is 0. The van der Waals surface area contributed by atoms with Crippen molar-refractivity contribution in [3.05, 3.63) is 48.3 Å². The number of piperidine rings is 1. The largest absolute Gasteiger partial charge is 0.416 e. The fourth-order valence-electron chi connectivity index (χ4n) is 2.80. The van der Waals surface area contributed by atoms with E-state index in [2.05, 4.69) is 4.90 Å². The fraction of sp³-hybridized carbons (Fsp3) is 0.375. The number of halogens is 3. The summed E-state index contributed by atoms with van der Waals surface area (Å²) in [6, 6.07) is 7.66. The molecule has 0 saturated carbocycles. The number of rotatable bonds is 2. The lowest BCUT2D eigenvalue weighted by Gasteiger charge is -2.31. The van der Waals surface area contributed by atoms with Crippen LogP contribution in [0.4, 0.5) is 18.9 Å². The Morgan fingerprint density at radius 1 is 0.857 bits per heavy atom. The molecule has 1 aromatic heterocycles. The van der Waals surface area contributed by atoms with E-state index in [1.54, 1.807) is 23.0 Å². The van der Waals surface area contributed by atoms with Crippen LogP contribution in [0.15, 0.2) is 42.7 Å². The smallest absolute Gasteiger partial charge is 0.370 e. The Balaban J connectivity index is 2.06. The molecule has 0 bridgehead atoms. The molecule has 0 unspecified atom stereocenters. The zero-order valence-corrected chi connectivity index (χ0v) is 11.6. The maximum absolute atomic E-state index is 13.0. The van der Waals surface area contributed by atoms with Crippen LogP contribution in [0.2, 0.25) is 0 Å². The molecule has 112 valence electrons. The van der Waals surface area contributed by atoms with E-state index >= 15 is 0 Å². The quantitative estimate of drug-likeness (QED) is 0.792. The minimum atomic E-state index is -4.32. The van der Waals surface area contributed by atoms with Crippen molar-refractivity contribution in [3.8, 4) is 5.69 Å². The molecule has 2 aromatic rings. The van der Waals surface area contributed by atoms with E-state index < -0.39 is 11.7 Å². The van der Waals surface area contributed by atoms with Crippen LogP contribution < -0.4 is 4.90 Å². The molecule has 0 spiro atoms. The molecule has 5 heteroatoms. The van der Waals surface area contributed by atoms with Gasteiger partial charge in [-0.1, -0.05) is 0 Å². The van der Waals surface area contributed by atoms with E-state index in [9.17, 15) is 13.2 Å². The van der Waals surface area contributed by atoms with E-state index in [1.807, 2.05) is 12.1 Å². The summed E-state index contributed by atoms with van der Waals surface area (Å²) >= 11 is 0. The van der Waals surface area contributed by atoms with Gasteiger partial charge in [-0.3, -0.25) is 0 Å². The molecule has 0 radical (unpaired) electrons. The predicted octanol–water partition coefficient (Wildman–Crippen LogP) is 4.49. The normalized spacial score (nSPS) is 16.2. The van der Waals surface area contributed by atoms with Crippen LogP contribution >= 0.6 is 0 Å². The van der Waals surface area contributed by atoms with Crippen LogP contribution in [0.25, 0.3) is 5.69 Å². The van der Waals surface area contributed by atoms with Crippen LogP contribution in [0.3, 0.4) is 0 Å².